The predicted octanol–water partition coefficient (Wildman–Crippen LogP) is 3.56. The predicted molar refractivity (Wildman–Crippen MR) is 83.2 cm³/mol. The molecule has 0 aromatic heterocycles. The van der Waals surface area contributed by atoms with Gasteiger partial charge in [-0.1, -0.05) is 34.5 Å². The highest BCUT2D eigenvalue weighted by Crippen LogP contribution is 2.23. The molecule has 19 heavy (non-hydrogen) atoms. The molecule has 1 N–H and O–H groups in total. The van der Waals surface area contributed by atoms with Gasteiger partial charge < -0.3 is 5.32 Å². The Hall–Kier alpha value is -0.380. The SMILES string of the molecule is Brc1cccc(CN2CCCCC2CNC2CC2)c1. The van der Waals surface area contributed by atoms with E-state index in [1.165, 1.54) is 55.2 Å². The third-order valence-corrected chi connectivity index (χ3v) is 4.74. The van der Waals surface area contributed by atoms with Crippen LogP contribution in [0.3, 0.4) is 0 Å². The van der Waals surface area contributed by atoms with Crippen LogP contribution in [0.1, 0.15) is 37.7 Å². The third-order valence-electron chi connectivity index (χ3n) is 4.24. The number of halogens is 1. The molecule has 1 saturated carbocycles. The van der Waals surface area contributed by atoms with E-state index in [9.17, 15) is 0 Å². The van der Waals surface area contributed by atoms with Crippen LogP contribution in [-0.2, 0) is 6.54 Å². The monoisotopic (exact) mass is 322 g/mol. The Bertz CT molecular complexity index is 417. The van der Waals surface area contributed by atoms with Gasteiger partial charge in [0.2, 0.25) is 0 Å². The second kappa shape index (κ2) is 6.38. The lowest BCUT2D eigenvalue weighted by Gasteiger charge is -2.36. The first-order valence-corrected chi connectivity index (χ1v) is 8.32. The van der Waals surface area contributed by atoms with Gasteiger partial charge in [0.05, 0.1) is 0 Å². The lowest BCUT2D eigenvalue weighted by Crippen LogP contribution is -2.45. The van der Waals surface area contributed by atoms with Crippen molar-refractivity contribution in [1.29, 1.82) is 0 Å². The first-order chi connectivity index (χ1) is 9.31. The number of piperidine rings is 1. The quantitative estimate of drug-likeness (QED) is 0.891. The maximum atomic E-state index is 3.70. The van der Waals surface area contributed by atoms with Gasteiger partial charge in [-0.25, -0.2) is 0 Å². The standard InChI is InChI=1S/C16H23BrN2/c17-14-5-3-4-13(10-14)12-19-9-2-1-6-16(19)11-18-15-7-8-15/h3-5,10,15-16,18H,1-2,6-9,11-12H2. The summed E-state index contributed by atoms with van der Waals surface area (Å²) in [5.41, 5.74) is 1.42. The van der Waals surface area contributed by atoms with Gasteiger partial charge in [-0.3, -0.25) is 4.90 Å². The van der Waals surface area contributed by atoms with Crippen molar-refractivity contribution in [3.8, 4) is 0 Å². The molecule has 1 heterocycles. The van der Waals surface area contributed by atoms with Crippen LogP contribution in [0.2, 0.25) is 0 Å². The van der Waals surface area contributed by atoms with Gasteiger partial charge in [-0.15, -0.1) is 0 Å². The Morgan fingerprint density at radius 2 is 2.11 bits per heavy atom. The van der Waals surface area contributed by atoms with E-state index in [-0.39, 0.29) is 0 Å². The van der Waals surface area contributed by atoms with Gasteiger partial charge in [-0.2, -0.15) is 0 Å². The summed E-state index contributed by atoms with van der Waals surface area (Å²) < 4.78 is 1.19. The van der Waals surface area contributed by atoms with E-state index in [4.69, 9.17) is 0 Å². The van der Waals surface area contributed by atoms with Crippen molar-refractivity contribution >= 4 is 15.9 Å². The minimum atomic E-state index is 0.730. The van der Waals surface area contributed by atoms with Crippen LogP contribution in [0.4, 0.5) is 0 Å². The first-order valence-electron chi connectivity index (χ1n) is 7.53. The zero-order valence-corrected chi connectivity index (χ0v) is 13.0. The Morgan fingerprint density at radius 3 is 2.89 bits per heavy atom. The Balaban J connectivity index is 1.59. The molecule has 1 atom stereocenters. The van der Waals surface area contributed by atoms with Crippen LogP contribution < -0.4 is 5.32 Å². The fourth-order valence-electron chi connectivity index (χ4n) is 2.96. The smallest absolute Gasteiger partial charge is 0.0237 e. The van der Waals surface area contributed by atoms with Gasteiger partial charge in [0, 0.05) is 29.6 Å². The van der Waals surface area contributed by atoms with E-state index in [0.717, 1.165) is 18.6 Å². The number of nitrogens with one attached hydrogen (secondary N) is 1. The summed E-state index contributed by atoms with van der Waals surface area (Å²) in [6, 6.07) is 10.3. The topological polar surface area (TPSA) is 15.3 Å². The Kier molecular flexibility index (Phi) is 4.57. The molecular formula is C16H23BrN2. The Morgan fingerprint density at radius 1 is 1.21 bits per heavy atom. The molecule has 1 aromatic rings. The first kappa shape index (κ1) is 13.6. The molecule has 2 fully saturated rings. The van der Waals surface area contributed by atoms with Crippen molar-refractivity contribution in [3.05, 3.63) is 34.3 Å². The highest BCUT2D eigenvalue weighted by molar-refractivity contribution is 9.10. The summed E-state index contributed by atoms with van der Waals surface area (Å²) in [5.74, 6) is 0. The summed E-state index contributed by atoms with van der Waals surface area (Å²) in [6.45, 7) is 3.53. The zero-order chi connectivity index (χ0) is 13.1. The number of benzene rings is 1. The van der Waals surface area contributed by atoms with Crippen molar-refractivity contribution < 1.29 is 0 Å². The van der Waals surface area contributed by atoms with Gasteiger partial charge in [0.15, 0.2) is 0 Å². The van der Waals surface area contributed by atoms with Gasteiger partial charge in [0.1, 0.15) is 0 Å². The second-order valence-corrected chi connectivity index (χ2v) is 6.85. The van der Waals surface area contributed by atoms with Crippen molar-refractivity contribution in [1.82, 2.24) is 10.2 Å². The van der Waals surface area contributed by atoms with E-state index in [0.29, 0.717) is 0 Å². The van der Waals surface area contributed by atoms with Gasteiger partial charge in [-0.05, 0) is 49.9 Å². The molecule has 0 amide bonds. The zero-order valence-electron chi connectivity index (χ0n) is 11.4. The fourth-order valence-corrected chi connectivity index (χ4v) is 3.41. The molecule has 0 spiro atoms. The number of likely N-dealkylation sites (tertiary alicyclic amines) is 1. The third kappa shape index (κ3) is 4.04. The van der Waals surface area contributed by atoms with Crippen molar-refractivity contribution in [2.24, 2.45) is 0 Å². The highest BCUT2D eigenvalue weighted by Gasteiger charge is 2.26. The molecular weight excluding hydrogens is 300 g/mol. The highest BCUT2D eigenvalue weighted by atomic mass is 79.9. The van der Waals surface area contributed by atoms with Gasteiger partial charge >= 0.3 is 0 Å². The molecule has 3 heteroatoms. The van der Waals surface area contributed by atoms with Crippen molar-refractivity contribution in [2.45, 2.75) is 50.7 Å². The van der Waals surface area contributed by atoms with E-state index in [1.54, 1.807) is 0 Å². The van der Waals surface area contributed by atoms with Crippen LogP contribution in [0.15, 0.2) is 28.7 Å². The lowest BCUT2D eigenvalue weighted by molar-refractivity contribution is 0.137. The van der Waals surface area contributed by atoms with Crippen LogP contribution in [0, 0.1) is 0 Å². The van der Waals surface area contributed by atoms with E-state index in [1.807, 2.05) is 0 Å². The average Bonchev–Trinajstić information content (AvgIpc) is 3.22. The number of hydrogen-bond acceptors (Lipinski definition) is 2. The maximum absolute atomic E-state index is 3.70. The molecule has 1 aliphatic carbocycles. The molecule has 0 bridgehead atoms. The summed E-state index contributed by atoms with van der Waals surface area (Å²) in [5, 5.41) is 3.70. The molecule has 1 aliphatic heterocycles. The minimum Gasteiger partial charge on any atom is -0.312 e. The average molecular weight is 323 g/mol. The van der Waals surface area contributed by atoms with E-state index < -0.39 is 0 Å². The largest absolute Gasteiger partial charge is 0.312 e. The fraction of sp³-hybridized carbons (Fsp3) is 0.625. The van der Waals surface area contributed by atoms with Crippen LogP contribution >= 0.6 is 15.9 Å². The minimum absolute atomic E-state index is 0.730. The molecule has 1 unspecified atom stereocenters. The molecule has 0 radical (unpaired) electrons. The maximum Gasteiger partial charge on any atom is 0.0237 e. The lowest BCUT2D eigenvalue weighted by atomic mass is 10.0. The Labute approximate surface area is 124 Å². The molecule has 2 nitrogen and oxygen atoms in total. The number of rotatable bonds is 5. The number of nitrogens with zero attached hydrogens (tertiary/aromatic N) is 1. The molecule has 1 saturated heterocycles. The van der Waals surface area contributed by atoms with Crippen molar-refractivity contribution in [2.75, 3.05) is 13.1 Å². The van der Waals surface area contributed by atoms with Crippen molar-refractivity contribution in [3.63, 3.8) is 0 Å². The number of hydrogen-bond donors (Lipinski definition) is 1. The van der Waals surface area contributed by atoms with Crippen LogP contribution in [0.25, 0.3) is 0 Å². The summed E-state index contributed by atoms with van der Waals surface area (Å²) in [7, 11) is 0. The van der Waals surface area contributed by atoms with Gasteiger partial charge in [0.25, 0.3) is 0 Å². The summed E-state index contributed by atoms with van der Waals surface area (Å²) >= 11 is 3.57. The van der Waals surface area contributed by atoms with E-state index in [2.05, 4.69) is 50.4 Å². The summed E-state index contributed by atoms with van der Waals surface area (Å²) in [4.78, 5) is 2.67. The molecule has 3 rings (SSSR count). The molecule has 2 aliphatic rings. The molecule has 1 aromatic carbocycles. The van der Waals surface area contributed by atoms with Crippen LogP contribution in [-0.4, -0.2) is 30.1 Å². The van der Waals surface area contributed by atoms with E-state index >= 15 is 0 Å². The normalized spacial score (nSPS) is 24.6. The second-order valence-electron chi connectivity index (χ2n) is 5.93. The summed E-state index contributed by atoms with van der Waals surface area (Å²) in [6.07, 6.45) is 6.88. The van der Waals surface area contributed by atoms with Crippen LogP contribution in [0.5, 0.6) is 0 Å². The molecule has 104 valence electrons.